The van der Waals surface area contributed by atoms with Crippen LogP contribution < -0.4 is 5.32 Å². The Morgan fingerprint density at radius 3 is 2.80 bits per heavy atom. The maximum Gasteiger partial charge on any atom is 0.273 e. The number of oxazole rings is 1. The zero-order valence-corrected chi connectivity index (χ0v) is 13.6. The Morgan fingerprint density at radius 2 is 2.12 bits per heavy atom. The van der Waals surface area contributed by atoms with Gasteiger partial charge in [0.15, 0.2) is 5.69 Å². The van der Waals surface area contributed by atoms with Crippen molar-refractivity contribution < 1.29 is 18.4 Å². The van der Waals surface area contributed by atoms with Crippen molar-refractivity contribution in [2.24, 2.45) is 0 Å². The van der Waals surface area contributed by atoms with E-state index in [9.17, 15) is 14.0 Å². The predicted molar refractivity (Wildman–Crippen MR) is 90.4 cm³/mol. The van der Waals surface area contributed by atoms with Crippen LogP contribution in [0.5, 0.6) is 0 Å². The summed E-state index contributed by atoms with van der Waals surface area (Å²) in [6.07, 6.45) is 4.30. The van der Waals surface area contributed by atoms with Crippen LogP contribution >= 0.6 is 0 Å². The van der Waals surface area contributed by atoms with Gasteiger partial charge in [-0.25, -0.2) is 9.37 Å². The van der Waals surface area contributed by atoms with Gasteiger partial charge in [0, 0.05) is 18.7 Å². The summed E-state index contributed by atoms with van der Waals surface area (Å²) in [6, 6.07) is 5.39. The van der Waals surface area contributed by atoms with Crippen molar-refractivity contribution in [3.05, 3.63) is 78.8 Å². The third kappa shape index (κ3) is 4.87. The van der Waals surface area contributed by atoms with E-state index in [1.54, 1.807) is 6.08 Å². The highest BCUT2D eigenvalue weighted by Gasteiger charge is 2.19. The molecule has 1 aromatic carbocycles. The molecule has 0 saturated heterocycles. The zero-order valence-electron chi connectivity index (χ0n) is 13.6. The van der Waals surface area contributed by atoms with Crippen LogP contribution in [0.25, 0.3) is 0 Å². The largest absolute Gasteiger partial charge is 0.446 e. The second-order valence-electron chi connectivity index (χ2n) is 5.11. The van der Waals surface area contributed by atoms with E-state index in [1.165, 1.54) is 35.4 Å². The lowest BCUT2D eigenvalue weighted by Crippen LogP contribution is -2.31. The van der Waals surface area contributed by atoms with Gasteiger partial charge < -0.3 is 14.6 Å². The number of carbonyl (C=O) groups excluding carboxylic acids is 2. The lowest BCUT2D eigenvalue weighted by atomic mass is 10.2. The number of halogens is 1. The molecule has 6 nitrogen and oxygen atoms in total. The van der Waals surface area contributed by atoms with Crippen LogP contribution in [-0.2, 0) is 6.54 Å². The minimum absolute atomic E-state index is 0.0239. The van der Waals surface area contributed by atoms with E-state index in [4.69, 9.17) is 4.42 Å². The number of hydrogen-bond donors (Lipinski definition) is 1. The molecule has 1 heterocycles. The molecule has 2 aromatic rings. The summed E-state index contributed by atoms with van der Waals surface area (Å²) >= 11 is 0. The highest BCUT2D eigenvalue weighted by Crippen LogP contribution is 2.12. The fourth-order valence-electron chi connectivity index (χ4n) is 2.09. The first-order chi connectivity index (χ1) is 12.0. The van der Waals surface area contributed by atoms with Gasteiger partial charge >= 0.3 is 0 Å². The average molecular weight is 343 g/mol. The summed E-state index contributed by atoms with van der Waals surface area (Å²) in [6.45, 7) is 7.67. The van der Waals surface area contributed by atoms with Crippen molar-refractivity contribution >= 4 is 11.8 Å². The third-order valence-electron chi connectivity index (χ3n) is 3.23. The van der Waals surface area contributed by atoms with Crippen molar-refractivity contribution in [3.63, 3.8) is 0 Å². The van der Waals surface area contributed by atoms with Gasteiger partial charge in [0.25, 0.3) is 11.8 Å². The standard InChI is InChI=1S/C18H18FN3O3/c1-3-8-20-17(23)15-12-25-16(21-15)11-22(9-4-2)18(24)13-6-5-7-14(19)10-13/h3-7,10,12H,1-2,8-9,11H2,(H,20,23). The molecule has 0 aliphatic rings. The number of benzene rings is 1. The first-order valence-corrected chi connectivity index (χ1v) is 7.54. The third-order valence-corrected chi connectivity index (χ3v) is 3.23. The average Bonchev–Trinajstić information content (AvgIpc) is 3.07. The summed E-state index contributed by atoms with van der Waals surface area (Å²) in [7, 11) is 0. The van der Waals surface area contributed by atoms with Crippen molar-refractivity contribution in [2.75, 3.05) is 13.1 Å². The Kier molecular flexibility index (Phi) is 6.22. The van der Waals surface area contributed by atoms with Crippen molar-refractivity contribution in [2.45, 2.75) is 6.54 Å². The molecule has 130 valence electrons. The number of hydrogen-bond acceptors (Lipinski definition) is 4. The Labute approximate surface area is 144 Å². The van der Waals surface area contributed by atoms with Gasteiger partial charge in [0.1, 0.15) is 12.1 Å². The molecule has 2 rings (SSSR count). The number of nitrogens with one attached hydrogen (secondary N) is 1. The Hall–Kier alpha value is -3.22. The van der Waals surface area contributed by atoms with E-state index < -0.39 is 17.6 Å². The summed E-state index contributed by atoms with van der Waals surface area (Å²) < 4.78 is 18.6. The molecular formula is C18H18FN3O3. The highest BCUT2D eigenvalue weighted by molar-refractivity contribution is 5.94. The molecule has 1 aromatic heterocycles. The smallest absolute Gasteiger partial charge is 0.273 e. The molecule has 0 atom stereocenters. The zero-order chi connectivity index (χ0) is 18.2. The van der Waals surface area contributed by atoms with Crippen LogP contribution in [0.3, 0.4) is 0 Å². The van der Waals surface area contributed by atoms with Crippen molar-refractivity contribution in [3.8, 4) is 0 Å². The summed E-state index contributed by atoms with van der Waals surface area (Å²) in [4.78, 5) is 29.8. The van der Waals surface area contributed by atoms with Crippen LogP contribution in [0.1, 0.15) is 26.7 Å². The minimum Gasteiger partial charge on any atom is -0.446 e. The van der Waals surface area contributed by atoms with E-state index in [2.05, 4.69) is 23.5 Å². The van der Waals surface area contributed by atoms with Crippen molar-refractivity contribution in [1.82, 2.24) is 15.2 Å². The molecule has 0 bridgehead atoms. The quantitative estimate of drug-likeness (QED) is 0.748. The first-order valence-electron chi connectivity index (χ1n) is 7.54. The van der Waals surface area contributed by atoms with E-state index in [0.717, 1.165) is 6.07 Å². The number of carbonyl (C=O) groups is 2. The van der Waals surface area contributed by atoms with Gasteiger partial charge in [-0.05, 0) is 18.2 Å². The molecule has 0 aliphatic heterocycles. The van der Waals surface area contributed by atoms with Gasteiger partial charge in [0.2, 0.25) is 5.89 Å². The Morgan fingerprint density at radius 1 is 1.32 bits per heavy atom. The van der Waals surface area contributed by atoms with E-state index in [-0.39, 0.29) is 30.2 Å². The monoisotopic (exact) mass is 343 g/mol. The predicted octanol–water partition coefficient (Wildman–Crippen LogP) is 2.56. The summed E-state index contributed by atoms with van der Waals surface area (Å²) in [5.41, 5.74) is 0.311. The molecule has 25 heavy (non-hydrogen) atoms. The van der Waals surface area contributed by atoms with E-state index >= 15 is 0 Å². The minimum atomic E-state index is -0.498. The second-order valence-corrected chi connectivity index (χ2v) is 5.11. The van der Waals surface area contributed by atoms with Gasteiger partial charge in [-0.2, -0.15) is 0 Å². The van der Waals surface area contributed by atoms with E-state index in [0.29, 0.717) is 6.54 Å². The van der Waals surface area contributed by atoms with Crippen LogP contribution in [0.2, 0.25) is 0 Å². The van der Waals surface area contributed by atoms with Crippen molar-refractivity contribution in [1.29, 1.82) is 0 Å². The van der Waals surface area contributed by atoms with Gasteiger partial charge in [-0.1, -0.05) is 18.2 Å². The molecule has 0 saturated carbocycles. The summed E-state index contributed by atoms with van der Waals surface area (Å²) in [5.74, 6) is -1.10. The normalized spacial score (nSPS) is 10.1. The highest BCUT2D eigenvalue weighted by atomic mass is 19.1. The second kappa shape index (κ2) is 8.58. The maximum absolute atomic E-state index is 13.3. The van der Waals surface area contributed by atoms with Crippen LogP contribution in [-0.4, -0.2) is 34.8 Å². The van der Waals surface area contributed by atoms with Gasteiger partial charge in [-0.15, -0.1) is 13.2 Å². The molecule has 7 heteroatoms. The SMILES string of the molecule is C=CCNC(=O)c1coc(CN(CC=C)C(=O)c2cccc(F)c2)n1. The lowest BCUT2D eigenvalue weighted by molar-refractivity contribution is 0.0748. The molecule has 1 N–H and O–H groups in total. The van der Waals surface area contributed by atoms with Gasteiger partial charge in [0.05, 0.1) is 6.54 Å². The topological polar surface area (TPSA) is 75.4 Å². The fourth-order valence-corrected chi connectivity index (χ4v) is 2.09. The molecule has 0 spiro atoms. The number of rotatable bonds is 8. The maximum atomic E-state index is 13.3. The first kappa shape index (κ1) is 18.1. The Bertz CT molecular complexity index is 785. The number of amides is 2. The number of nitrogens with zero attached hydrogens (tertiary/aromatic N) is 2. The molecule has 0 radical (unpaired) electrons. The molecule has 0 fully saturated rings. The van der Waals surface area contributed by atoms with Crippen LogP contribution in [0.4, 0.5) is 4.39 Å². The van der Waals surface area contributed by atoms with Crippen LogP contribution in [0, 0.1) is 5.82 Å². The molecular weight excluding hydrogens is 325 g/mol. The number of aromatic nitrogens is 1. The van der Waals surface area contributed by atoms with Crippen LogP contribution in [0.15, 0.2) is 60.3 Å². The molecule has 2 amide bonds. The van der Waals surface area contributed by atoms with Gasteiger partial charge in [-0.3, -0.25) is 9.59 Å². The fraction of sp³-hybridized carbons (Fsp3) is 0.167. The Balaban J connectivity index is 2.12. The summed E-state index contributed by atoms with van der Waals surface area (Å²) in [5, 5.41) is 2.58. The lowest BCUT2D eigenvalue weighted by Gasteiger charge is -2.19. The molecule has 0 unspecified atom stereocenters. The molecule has 0 aliphatic carbocycles. The van der Waals surface area contributed by atoms with E-state index in [1.807, 2.05) is 0 Å².